The lowest BCUT2D eigenvalue weighted by Gasteiger charge is -2.09. The van der Waals surface area contributed by atoms with E-state index in [9.17, 15) is 14.9 Å². The summed E-state index contributed by atoms with van der Waals surface area (Å²) < 4.78 is 1.56. The summed E-state index contributed by atoms with van der Waals surface area (Å²) in [7, 11) is 0. The van der Waals surface area contributed by atoms with E-state index in [1.807, 2.05) is 43.3 Å². The first-order valence-electron chi connectivity index (χ1n) is 8.50. The van der Waals surface area contributed by atoms with E-state index in [-0.39, 0.29) is 5.69 Å². The molecule has 0 aliphatic rings. The van der Waals surface area contributed by atoms with Gasteiger partial charge in [0.1, 0.15) is 5.82 Å². The first kappa shape index (κ1) is 17.3. The molecule has 0 radical (unpaired) electrons. The lowest BCUT2D eigenvalue weighted by molar-refractivity contribution is -0.384. The maximum absolute atomic E-state index is 12.6. The van der Waals surface area contributed by atoms with E-state index in [1.54, 1.807) is 10.7 Å². The Labute approximate surface area is 159 Å². The Morgan fingerprint density at radius 3 is 2.57 bits per heavy atom. The molecular weight excluding hydrogens is 358 g/mol. The molecule has 2 heterocycles. The first-order chi connectivity index (χ1) is 13.5. The number of nitrogens with zero attached hydrogens (tertiary/aromatic N) is 4. The average Bonchev–Trinajstić information content (AvgIpc) is 3.07. The van der Waals surface area contributed by atoms with Crippen molar-refractivity contribution in [2.24, 2.45) is 0 Å². The summed E-state index contributed by atoms with van der Waals surface area (Å²) >= 11 is 0. The zero-order valence-corrected chi connectivity index (χ0v) is 14.9. The van der Waals surface area contributed by atoms with E-state index in [2.05, 4.69) is 15.4 Å². The van der Waals surface area contributed by atoms with Crippen LogP contribution in [0.4, 0.5) is 11.5 Å². The lowest BCUT2D eigenvalue weighted by atomic mass is 10.2. The molecule has 0 saturated carbocycles. The maximum Gasteiger partial charge on any atom is 0.269 e. The number of non-ortho nitro benzene ring substituents is 1. The Balaban J connectivity index is 1.65. The summed E-state index contributed by atoms with van der Waals surface area (Å²) in [5.41, 5.74) is 1.77. The van der Waals surface area contributed by atoms with Crippen LogP contribution in [0.1, 0.15) is 16.1 Å². The zero-order valence-electron chi connectivity index (χ0n) is 14.9. The fraction of sp³-hybridized carbons (Fsp3) is 0.0500. The Kier molecular flexibility index (Phi) is 4.29. The number of benzene rings is 2. The van der Waals surface area contributed by atoms with Gasteiger partial charge < -0.3 is 5.32 Å². The van der Waals surface area contributed by atoms with E-state index >= 15 is 0 Å². The van der Waals surface area contributed by atoms with Crippen LogP contribution < -0.4 is 5.32 Å². The van der Waals surface area contributed by atoms with Crippen LogP contribution in [0.25, 0.3) is 16.7 Å². The van der Waals surface area contributed by atoms with Crippen molar-refractivity contribution in [3.63, 3.8) is 0 Å². The molecule has 4 rings (SSSR count). The highest BCUT2D eigenvalue weighted by atomic mass is 16.6. The second-order valence-electron chi connectivity index (χ2n) is 6.20. The van der Waals surface area contributed by atoms with Gasteiger partial charge in [0.25, 0.3) is 11.6 Å². The number of para-hydroxylation sites is 1. The van der Waals surface area contributed by atoms with Crippen molar-refractivity contribution < 1.29 is 9.72 Å². The number of nitro benzene ring substituents is 1. The monoisotopic (exact) mass is 373 g/mol. The summed E-state index contributed by atoms with van der Waals surface area (Å²) in [5.74, 6) is 0.645. The third-order valence-electron chi connectivity index (χ3n) is 4.21. The minimum atomic E-state index is -0.508. The second kappa shape index (κ2) is 6.92. The molecule has 28 heavy (non-hydrogen) atoms. The van der Waals surface area contributed by atoms with Crippen molar-refractivity contribution in [1.29, 1.82) is 0 Å². The number of anilines is 1. The average molecular weight is 373 g/mol. The summed E-state index contributed by atoms with van der Waals surface area (Å²) in [5, 5.41) is 19.0. The minimum Gasteiger partial charge on any atom is -0.306 e. The van der Waals surface area contributed by atoms with Gasteiger partial charge in [-0.15, -0.1) is 0 Å². The molecule has 0 bridgehead atoms. The molecule has 0 saturated heterocycles. The van der Waals surface area contributed by atoms with Gasteiger partial charge in [-0.2, -0.15) is 9.78 Å². The molecule has 4 aromatic rings. The molecule has 0 aliphatic carbocycles. The summed E-state index contributed by atoms with van der Waals surface area (Å²) in [6, 6.07) is 18.6. The van der Waals surface area contributed by atoms with E-state index in [0.717, 1.165) is 10.9 Å². The Morgan fingerprint density at radius 1 is 1.07 bits per heavy atom. The molecule has 2 aromatic heterocycles. The number of hydrogen-bond donors (Lipinski definition) is 1. The summed E-state index contributed by atoms with van der Waals surface area (Å²) in [4.78, 5) is 27.4. The van der Waals surface area contributed by atoms with E-state index < -0.39 is 10.8 Å². The van der Waals surface area contributed by atoms with Gasteiger partial charge in [0.15, 0.2) is 5.82 Å². The lowest BCUT2D eigenvalue weighted by Crippen LogP contribution is -2.15. The van der Waals surface area contributed by atoms with E-state index in [1.165, 1.54) is 24.3 Å². The van der Waals surface area contributed by atoms with Gasteiger partial charge in [-0.1, -0.05) is 18.2 Å². The van der Waals surface area contributed by atoms with Crippen LogP contribution in [0, 0.1) is 17.0 Å². The number of pyridine rings is 1. The number of rotatable bonds is 4. The quantitative estimate of drug-likeness (QED) is 0.432. The standard InChI is InChI=1S/C20H15N5O3/c1-13-12-19(22-20(26)15-6-9-16(10-7-15)25(27)28)24(23-13)18-11-8-14-4-2-3-5-17(14)21-18/h2-12H,1H3,(H,22,26). The van der Waals surface area contributed by atoms with Gasteiger partial charge in [0.05, 0.1) is 16.1 Å². The number of aromatic nitrogens is 3. The van der Waals surface area contributed by atoms with Crippen LogP contribution in [0.15, 0.2) is 66.7 Å². The highest BCUT2D eigenvalue weighted by molar-refractivity contribution is 6.04. The molecule has 8 heteroatoms. The number of hydrogen-bond acceptors (Lipinski definition) is 5. The smallest absolute Gasteiger partial charge is 0.269 e. The fourth-order valence-corrected chi connectivity index (χ4v) is 2.86. The molecule has 0 aliphatic heterocycles. The van der Waals surface area contributed by atoms with Crippen LogP contribution in [0.2, 0.25) is 0 Å². The van der Waals surface area contributed by atoms with Crippen LogP contribution in [-0.2, 0) is 0 Å². The molecule has 1 amide bonds. The molecule has 1 N–H and O–H groups in total. The van der Waals surface area contributed by atoms with Crippen molar-refractivity contribution in [2.75, 3.05) is 5.32 Å². The van der Waals surface area contributed by atoms with Crippen LogP contribution in [0.5, 0.6) is 0 Å². The highest BCUT2D eigenvalue weighted by Crippen LogP contribution is 2.20. The van der Waals surface area contributed by atoms with Gasteiger partial charge in [-0.3, -0.25) is 14.9 Å². The molecule has 0 unspecified atom stereocenters. The van der Waals surface area contributed by atoms with Crippen molar-refractivity contribution >= 4 is 28.3 Å². The highest BCUT2D eigenvalue weighted by Gasteiger charge is 2.15. The van der Waals surface area contributed by atoms with E-state index in [4.69, 9.17) is 0 Å². The number of carbonyl (C=O) groups excluding carboxylic acids is 1. The number of nitro groups is 1. The van der Waals surface area contributed by atoms with E-state index in [0.29, 0.717) is 22.9 Å². The Morgan fingerprint density at radius 2 is 1.82 bits per heavy atom. The molecule has 138 valence electrons. The van der Waals surface area contributed by atoms with Crippen molar-refractivity contribution in [2.45, 2.75) is 6.92 Å². The van der Waals surface area contributed by atoms with Crippen LogP contribution in [0.3, 0.4) is 0 Å². The number of amides is 1. The minimum absolute atomic E-state index is 0.0715. The van der Waals surface area contributed by atoms with Gasteiger partial charge in [0, 0.05) is 29.1 Å². The molecule has 8 nitrogen and oxygen atoms in total. The van der Waals surface area contributed by atoms with Gasteiger partial charge >= 0.3 is 0 Å². The maximum atomic E-state index is 12.6. The topological polar surface area (TPSA) is 103 Å². The molecule has 0 atom stereocenters. The molecule has 0 spiro atoms. The number of carbonyl (C=O) groups is 1. The van der Waals surface area contributed by atoms with Gasteiger partial charge in [-0.25, -0.2) is 4.98 Å². The van der Waals surface area contributed by atoms with Crippen molar-refractivity contribution in [1.82, 2.24) is 14.8 Å². The van der Waals surface area contributed by atoms with Crippen LogP contribution in [-0.4, -0.2) is 25.6 Å². The number of aryl methyl sites for hydroxylation is 1. The first-order valence-corrected chi connectivity index (χ1v) is 8.50. The van der Waals surface area contributed by atoms with Crippen molar-refractivity contribution in [3.05, 3.63) is 88.1 Å². The number of fused-ring (bicyclic) bond motifs is 1. The fourth-order valence-electron chi connectivity index (χ4n) is 2.86. The largest absolute Gasteiger partial charge is 0.306 e. The summed E-state index contributed by atoms with van der Waals surface area (Å²) in [6.45, 7) is 1.82. The molecule has 0 fully saturated rings. The second-order valence-corrected chi connectivity index (χ2v) is 6.20. The summed E-state index contributed by atoms with van der Waals surface area (Å²) in [6.07, 6.45) is 0. The third kappa shape index (κ3) is 3.30. The zero-order chi connectivity index (χ0) is 19.7. The normalized spacial score (nSPS) is 10.8. The molecule has 2 aromatic carbocycles. The predicted octanol–water partition coefficient (Wildman–Crippen LogP) is 3.89. The SMILES string of the molecule is Cc1cc(NC(=O)c2ccc([N+](=O)[O-])cc2)n(-c2ccc3ccccc3n2)n1. The predicted molar refractivity (Wildman–Crippen MR) is 105 cm³/mol. The van der Waals surface area contributed by atoms with Gasteiger partial charge in [-0.05, 0) is 37.3 Å². The molecular formula is C20H15N5O3. The van der Waals surface area contributed by atoms with Crippen LogP contribution >= 0.6 is 0 Å². The van der Waals surface area contributed by atoms with Crippen molar-refractivity contribution in [3.8, 4) is 5.82 Å². The Hall–Kier alpha value is -4.07. The number of nitrogens with one attached hydrogen (secondary N) is 1. The third-order valence-corrected chi connectivity index (χ3v) is 4.21. The van der Waals surface area contributed by atoms with Gasteiger partial charge in [0.2, 0.25) is 0 Å². The Bertz CT molecular complexity index is 1200.